The van der Waals surface area contributed by atoms with Crippen LogP contribution >= 0.6 is 11.6 Å². The lowest BCUT2D eigenvalue weighted by Gasteiger charge is -2.28. The van der Waals surface area contributed by atoms with Crippen LogP contribution in [0.25, 0.3) is 0 Å². The van der Waals surface area contributed by atoms with Crippen molar-refractivity contribution in [3.63, 3.8) is 0 Å². The van der Waals surface area contributed by atoms with E-state index < -0.39 is 12.0 Å². The van der Waals surface area contributed by atoms with E-state index in [-0.39, 0.29) is 11.6 Å². The maximum Gasteiger partial charge on any atom is 0.250 e. The largest absolute Gasteiger partial charge is 0.391 e. The molecule has 1 saturated heterocycles. The molecule has 6 heteroatoms. The average molecular weight is 270 g/mol. The summed E-state index contributed by atoms with van der Waals surface area (Å²) >= 11 is 6.13. The number of hydrogen-bond donors (Lipinski definition) is 2. The fourth-order valence-electron chi connectivity index (χ4n) is 2.33. The lowest BCUT2D eigenvalue weighted by molar-refractivity contribution is 0.1000. The first-order valence-electron chi connectivity index (χ1n) is 5.90. The Hall–Kier alpha value is -1.33. The Balaban J connectivity index is 2.31. The van der Waals surface area contributed by atoms with Gasteiger partial charge in [0.15, 0.2) is 0 Å². The molecule has 5 nitrogen and oxygen atoms in total. The minimum atomic E-state index is -0.551. The number of aliphatic hydroxyl groups excluding tert-OH is 1. The predicted molar refractivity (Wildman–Crippen MR) is 69.8 cm³/mol. The van der Waals surface area contributed by atoms with Crippen LogP contribution in [0.15, 0.2) is 12.3 Å². The lowest BCUT2D eigenvalue weighted by atomic mass is 10.1. The number of pyridine rings is 1. The molecule has 0 bridgehead atoms. The second-order valence-corrected chi connectivity index (χ2v) is 4.94. The normalized spacial score (nSPS) is 21.1. The highest BCUT2D eigenvalue weighted by Crippen LogP contribution is 2.31. The van der Waals surface area contributed by atoms with Crippen LogP contribution in [0.5, 0.6) is 0 Å². The fraction of sp³-hybridized carbons (Fsp3) is 0.500. The van der Waals surface area contributed by atoms with Crippen LogP contribution in [-0.4, -0.2) is 34.7 Å². The fourth-order valence-corrected chi connectivity index (χ4v) is 2.61. The highest BCUT2D eigenvalue weighted by molar-refractivity contribution is 6.33. The molecule has 1 aliphatic heterocycles. The number of aliphatic hydroxyl groups is 1. The van der Waals surface area contributed by atoms with Gasteiger partial charge in [0.2, 0.25) is 5.91 Å². The number of nitrogens with zero attached hydrogens (tertiary/aromatic N) is 2. The van der Waals surface area contributed by atoms with Gasteiger partial charge in [-0.3, -0.25) is 4.79 Å². The van der Waals surface area contributed by atoms with Crippen molar-refractivity contribution in [2.75, 3.05) is 11.4 Å². The molecule has 1 aliphatic rings. The van der Waals surface area contributed by atoms with E-state index in [1.807, 2.05) is 4.90 Å². The van der Waals surface area contributed by atoms with Crippen molar-refractivity contribution < 1.29 is 9.90 Å². The molecule has 0 saturated carbocycles. The first-order valence-corrected chi connectivity index (χ1v) is 6.28. The lowest BCUT2D eigenvalue weighted by Crippen LogP contribution is -2.38. The Morgan fingerprint density at radius 2 is 2.44 bits per heavy atom. The van der Waals surface area contributed by atoms with E-state index >= 15 is 0 Å². The maximum atomic E-state index is 11.0. The molecular formula is C12H16ClN3O2. The Labute approximate surface area is 111 Å². The molecule has 1 fully saturated rings. The summed E-state index contributed by atoms with van der Waals surface area (Å²) in [7, 11) is 0. The first-order chi connectivity index (χ1) is 8.50. The second-order valence-electron chi connectivity index (χ2n) is 4.54. The molecule has 0 aromatic carbocycles. The van der Waals surface area contributed by atoms with Crippen molar-refractivity contribution in [2.45, 2.75) is 31.9 Å². The number of hydrogen-bond acceptors (Lipinski definition) is 4. The number of carbonyl (C=O) groups is 1. The summed E-state index contributed by atoms with van der Waals surface area (Å²) in [5.74, 6) is 0.0505. The number of nitrogens with two attached hydrogens (primary N) is 1. The summed E-state index contributed by atoms with van der Waals surface area (Å²) in [5.41, 5.74) is 5.46. The van der Waals surface area contributed by atoms with E-state index in [2.05, 4.69) is 4.98 Å². The summed E-state index contributed by atoms with van der Waals surface area (Å²) in [6.07, 6.45) is 2.88. The number of primary amides is 1. The van der Waals surface area contributed by atoms with E-state index in [1.165, 1.54) is 12.3 Å². The quantitative estimate of drug-likeness (QED) is 0.864. The molecule has 1 amide bonds. The Kier molecular flexibility index (Phi) is 3.73. The van der Waals surface area contributed by atoms with Crippen LogP contribution < -0.4 is 10.6 Å². The van der Waals surface area contributed by atoms with E-state index in [1.54, 1.807) is 6.92 Å². The Morgan fingerprint density at radius 3 is 3.00 bits per heavy atom. The van der Waals surface area contributed by atoms with Gasteiger partial charge in [-0.1, -0.05) is 11.6 Å². The molecule has 1 aromatic heterocycles. The highest BCUT2D eigenvalue weighted by Gasteiger charge is 2.30. The van der Waals surface area contributed by atoms with Crippen LogP contribution in [-0.2, 0) is 0 Å². The number of rotatable bonds is 3. The van der Waals surface area contributed by atoms with Gasteiger partial charge in [-0.15, -0.1) is 0 Å². The van der Waals surface area contributed by atoms with Crippen LogP contribution in [0, 0.1) is 0 Å². The van der Waals surface area contributed by atoms with Gasteiger partial charge in [0.05, 0.1) is 22.7 Å². The Bertz CT molecular complexity index is 465. The van der Waals surface area contributed by atoms with E-state index in [0.29, 0.717) is 10.8 Å². The molecule has 1 unspecified atom stereocenters. The van der Waals surface area contributed by atoms with Gasteiger partial charge in [-0.05, 0) is 25.8 Å². The van der Waals surface area contributed by atoms with Crippen molar-refractivity contribution >= 4 is 23.3 Å². The van der Waals surface area contributed by atoms with Crippen molar-refractivity contribution in [1.82, 2.24) is 4.98 Å². The van der Waals surface area contributed by atoms with Crippen molar-refractivity contribution in [3.05, 3.63) is 22.8 Å². The number of carbonyl (C=O) groups excluding carboxylic acids is 1. The summed E-state index contributed by atoms with van der Waals surface area (Å²) < 4.78 is 0. The van der Waals surface area contributed by atoms with Crippen molar-refractivity contribution in [2.24, 2.45) is 5.73 Å². The van der Waals surface area contributed by atoms with Crippen LogP contribution in [0.3, 0.4) is 0 Å². The Morgan fingerprint density at radius 1 is 1.72 bits per heavy atom. The zero-order valence-corrected chi connectivity index (χ0v) is 10.9. The molecule has 2 heterocycles. The minimum absolute atomic E-state index is 0.0226. The van der Waals surface area contributed by atoms with Crippen molar-refractivity contribution in [3.8, 4) is 0 Å². The molecule has 2 rings (SSSR count). The number of halogens is 1. The highest BCUT2D eigenvalue weighted by atomic mass is 35.5. The third-order valence-electron chi connectivity index (χ3n) is 3.23. The van der Waals surface area contributed by atoms with Gasteiger partial charge in [0.25, 0.3) is 0 Å². The summed E-state index contributed by atoms with van der Waals surface area (Å²) in [6, 6.07) is 1.54. The van der Waals surface area contributed by atoms with Gasteiger partial charge in [-0.2, -0.15) is 0 Å². The van der Waals surface area contributed by atoms with Crippen LogP contribution in [0.4, 0.5) is 5.82 Å². The van der Waals surface area contributed by atoms with Gasteiger partial charge < -0.3 is 15.7 Å². The topological polar surface area (TPSA) is 79.4 Å². The molecule has 0 radical (unpaired) electrons. The molecule has 98 valence electrons. The van der Waals surface area contributed by atoms with Crippen LogP contribution in [0.1, 0.15) is 30.1 Å². The number of aromatic nitrogens is 1. The smallest absolute Gasteiger partial charge is 0.250 e. The zero-order chi connectivity index (χ0) is 13.3. The van der Waals surface area contributed by atoms with Gasteiger partial charge >= 0.3 is 0 Å². The molecule has 1 aromatic rings. The number of amides is 1. The van der Waals surface area contributed by atoms with E-state index in [4.69, 9.17) is 17.3 Å². The maximum absolute atomic E-state index is 11.0. The zero-order valence-electron chi connectivity index (χ0n) is 10.1. The minimum Gasteiger partial charge on any atom is -0.391 e. The predicted octanol–water partition coefficient (Wildman–Crippen LogP) is 1.18. The summed E-state index contributed by atoms with van der Waals surface area (Å²) in [5, 5.41) is 10.1. The third-order valence-corrected chi connectivity index (χ3v) is 3.51. The van der Waals surface area contributed by atoms with Gasteiger partial charge in [0.1, 0.15) is 5.82 Å². The molecule has 0 aliphatic carbocycles. The molecular weight excluding hydrogens is 254 g/mol. The molecule has 3 N–H and O–H groups in total. The molecule has 18 heavy (non-hydrogen) atoms. The van der Waals surface area contributed by atoms with Gasteiger partial charge in [-0.25, -0.2) is 4.98 Å². The second kappa shape index (κ2) is 5.12. The SMILES string of the molecule is CC(O)[C@H]1CCCN1c1ncc(C(N)=O)cc1Cl. The molecule has 2 atom stereocenters. The van der Waals surface area contributed by atoms with Crippen LogP contribution in [0.2, 0.25) is 5.02 Å². The monoisotopic (exact) mass is 269 g/mol. The third kappa shape index (κ3) is 2.42. The average Bonchev–Trinajstić information content (AvgIpc) is 2.77. The summed E-state index contributed by atoms with van der Waals surface area (Å²) in [6.45, 7) is 2.56. The molecule has 0 spiro atoms. The van der Waals surface area contributed by atoms with E-state index in [9.17, 15) is 9.90 Å². The summed E-state index contributed by atoms with van der Waals surface area (Å²) in [4.78, 5) is 17.2. The first kappa shape index (κ1) is 13.1. The number of anilines is 1. The van der Waals surface area contributed by atoms with Gasteiger partial charge in [0, 0.05) is 12.7 Å². The standard InChI is InChI=1S/C12H16ClN3O2/c1-7(17)10-3-2-4-16(10)12-9(13)5-8(6-15-12)11(14)18/h5-7,10,17H,2-4H2,1H3,(H2,14,18)/t7?,10-/m1/s1. The van der Waals surface area contributed by atoms with Crippen molar-refractivity contribution in [1.29, 1.82) is 0 Å². The van der Waals surface area contributed by atoms with E-state index in [0.717, 1.165) is 19.4 Å².